The van der Waals surface area contributed by atoms with Gasteiger partial charge in [-0.25, -0.2) is 0 Å². The number of hydrogen-bond acceptors (Lipinski definition) is 0. The second kappa shape index (κ2) is 6.07. The molecule has 21 heavy (non-hydrogen) atoms. The van der Waals surface area contributed by atoms with Crippen molar-refractivity contribution in [3.05, 3.63) is 35.4 Å². The maximum absolute atomic E-state index is 4.02. The minimum Gasteiger partial charge on any atom is -0.0887 e. The van der Waals surface area contributed by atoms with Gasteiger partial charge in [0.15, 0.2) is 0 Å². The van der Waals surface area contributed by atoms with Crippen molar-refractivity contribution in [3.8, 4) is 0 Å². The topological polar surface area (TPSA) is 0 Å². The first-order valence-corrected chi connectivity index (χ1v) is 9.65. The Morgan fingerprint density at radius 3 is 2.38 bits per heavy atom. The Kier molecular flexibility index (Phi) is 4.50. The van der Waals surface area contributed by atoms with Crippen molar-refractivity contribution in [3.63, 3.8) is 0 Å². The SMILES string of the molecule is CC1CCC(C(C)(C)c2ccccc2C2CCC2)C(Br)C1. The molecule has 0 bridgehead atoms. The largest absolute Gasteiger partial charge is 0.0887 e. The van der Waals surface area contributed by atoms with Crippen LogP contribution in [0.25, 0.3) is 0 Å². The number of halogens is 1. The summed E-state index contributed by atoms with van der Waals surface area (Å²) in [5.74, 6) is 2.47. The van der Waals surface area contributed by atoms with E-state index < -0.39 is 0 Å². The van der Waals surface area contributed by atoms with Crippen LogP contribution in [0.4, 0.5) is 0 Å². The molecule has 2 saturated carbocycles. The van der Waals surface area contributed by atoms with Crippen LogP contribution in [0, 0.1) is 11.8 Å². The predicted octanol–water partition coefficient (Wildman–Crippen LogP) is 6.43. The minimum atomic E-state index is 0.278. The summed E-state index contributed by atoms with van der Waals surface area (Å²) in [6.45, 7) is 7.37. The molecule has 2 aliphatic rings. The quantitative estimate of drug-likeness (QED) is 0.552. The van der Waals surface area contributed by atoms with E-state index in [2.05, 4.69) is 61.0 Å². The lowest BCUT2D eigenvalue weighted by atomic mass is 9.63. The van der Waals surface area contributed by atoms with Crippen LogP contribution in [0.2, 0.25) is 0 Å². The van der Waals surface area contributed by atoms with Gasteiger partial charge < -0.3 is 0 Å². The Morgan fingerprint density at radius 2 is 1.76 bits per heavy atom. The molecular weight excluding hydrogens is 320 g/mol. The third-order valence-corrected chi connectivity index (χ3v) is 7.17. The monoisotopic (exact) mass is 348 g/mol. The molecule has 0 amide bonds. The van der Waals surface area contributed by atoms with Gasteiger partial charge in [0.05, 0.1) is 0 Å². The molecule has 0 radical (unpaired) electrons. The Morgan fingerprint density at radius 1 is 1.05 bits per heavy atom. The molecule has 3 unspecified atom stereocenters. The molecule has 0 heterocycles. The highest BCUT2D eigenvalue weighted by molar-refractivity contribution is 9.09. The Labute approximate surface area is 138 Å². The molecule has 0 aromatic heterocycles. The number of rotatable bonds is 3. The van der Waals surface area contributed by atoms with E-state index in [1.165, 1.54) is 38.5 Å². The Hall–Kier alpha value is -0.300. The van der Waals surface area contributed by atoms with Gasteiger partial charge in [0.2, 0.25) is 0 Å². The Balaban J connectivity index is 1.90. The average molecular weight is 349 g/mol. The van der Waals surface area contributed by atoms with Crippen LogP contribution < -0.4 is 0 Å². The maximum Gasteiger partial charge on any atom is 0.0184 e. The highest BCUT2D eigenvalue weighted by atomic mass is 79.9. The summed E-state index contributed by atoms with van der Waals surface area (Å²) in [5, 5.41) is 0. The summed E-state index contributed by atoms with van der Waals surface area (Å²) in [6, 6.07) is 9.29. The highest BCUT2D eigenvalue weighted by Crippen LogP contribution is 2.48. The smallest absolute Gasteiger partial charge is 0.0184 e. The maximum atomic E-state index is 4.02. The van der Waals surface area contributed by atoms with Crippen molar-refractivity contribution in [2.24, 2.45) is 11.8 Å². The second-order valence-electron chi connectivity index (χ2n) is 7.98. The van der Waals surface area contributed by atoms with Crippen molar-refractivity contribution in [1.29, 1.82) is 0 Å². The fourth-order valence-electron chi connectivity index (χ4n) is 4.48. The first-order chi connectivity index (χ1) is 10.00. The van der Waals surface area contributed by atoms with Crippen LogP contribution in [0.15, 0.2) is 24.3 Å². The van der Waals surface area contributed by atoms with Gasteiger partial charge in [0.25, 0.3) is 0 Å². The van der Waals surface area contributed by atoms with E-state index in [0.29, 0.717) is 4.83 Å². The van der Waals surface area contributed by atoms with Gasteiger partial charge in [-0.3, -0.25) is 0 Å². The average Bonchev–Trinajstić information content (AvgIpc) is 2.36. The van der Waals surface area contributed by atoms with Gasteiger partial charge in [-0.15, -0.1) is 0 Å². The van der Waals surface area contributed by atoms with Crippen molar-refractivity contribution in [2.75, 3.05) is 0 Å². The zero-order valence-corrected chi connectivity index (χ0v) is 15.3. The zero-order valence-electron chi connectivity index (χ0n) is 13.7. The van der Waals surface area contributed by atoms with E-state index in [9.17, 15) is 0 Å². The van der Waals surface area contributed by atoms with Gasteiger partial charge in [-0.1, -0.05) is 73.8 Å². The van der Waals surface area contributed by atoms with Crippen LogP contribution in [-0.2, 0) is 5.41 Å². The van der Waals surface area contributed by atoms with E-state index in [1.807, 2.05) is 0 Å². The molecule has 1 aromatic rings. The second-order valence-corrected chi connectivity index (χ2v) is 9.15. The zero-order chi connectivity index (χ0) is 15.0. The first-order valence-electron chi connectivity index (χ1n) is 8.73. The lowest BCUT2D eigenvalue weighted by molar-refractivity contribution is 0.211. The van der Waals surface area contributed by atoms with Crippen molar-refractivity contribution in [1.82, 2.24) is 0 Å². The molecule has 3 rings (SSSR count). The lowest BCUT2D eigenvalue weighted by Gasteiger charge is -2.44. The minimum absolute atomic E-state index is 0.278. The van der Waals surface area contributed by atoms with Gasteiger partial charge in [-0.2, -0.15) is 0 Å². The van der Waals surface area contributed by atoms with Gasteiger partial charge in [-0.05, 0) is 60.0 Å². The molecule has 2 fully saturated rings. The van der Waals surface area contributed by atoms with E-state index in [-0.39, 0.29) is 5.41 Å². The summed E-state index contributed by atoms with van der Waals surface area (Å²) < 4.78 is 0. The molecule has 3 atom stereocenters. The molecule has 1 aromatic carbocycles. The van der Waals surface area contributed by atoms with Gasteiger partial charge in [0.1, 0.15) is 0 Å². The van der Waals surface area contributed by atoms with Crippen molar-refractivity contribution < 1.29 is 0 Å². The standard InChI is InChI=1S/C20H29Br/c1-14-11-12-18(19(21)13-14)20(2,3)17-10-5-4-9-16(17)15-7-6-8-15/h4-5,9-10,14-15,18-19H,6-8,11-13H2,1-3H3. The Bertz CT molecular complexity index is 486. The molecular formula is C20H29Br. The molecule has 0 spiro atoms. The van der Waals surface area contributed by atoms with Crippen molar-refractivity contribution in [2.45, 2.75) is 75.5 Å². The van der Waals surface area contributed by atoms with Gasteiger partial charge >= 0.3 is 0 Å². The molecule has 116 valence electrons. The van der Waals surface area contributed by atoms with E-state index in [0.717, 1.165) is 17.8 Å². The van der Waals surface area contributed by atoms with E-state index >= 15 is 0 Å². The number of benzene rings is 1. The van der Waals surface area contributed by atoms with Crippen LogP contribution in [0.3, 0.4) is 0 Å². The molecule has 0 nitrogen and oxygen atoms in total. The third-order valence-electron chi connectivity index (χ3n) is 6.16. The molecule has 0 saturated heterocycles. The molecule has 0 N–H and O–H groups in total. The summed E-state index contributed by atoms with van der Waals surface area (Å²) in [7, 11) is 0. The molecule has 1 heteroatoms. The van der Waals surface area contributed by atoms with Gasteiger partial charge in [0, 0.05) is 4.83 Å². The van der Waals surface area contributed by atoms with Crippen molar-refractivity contribution >= 4 is 15.9 Å². The summed E-state index contributed by atoms with van der Waals surface area (Å²) in [6.07, 6.45) is 8.30. The summed E-state index contributed by atoms with van der Waals surface area (Å²) in [5.41, 5.74) is 3.55. The normalized spacial score (nSPS) is 31.0. The third kappa shape index (κ3) is 2.96. The van der Waals surface area contributed by atoms with Crippen LogP contribution in [0.1, 0.15) is 76.3 Å². The van der Waals surface area contributed by atoms with E-state index in [1.54, 1.807) is 11.1 Å². The predicted molar refractivity (Wildman–Crippen MR) is 95.3 cm³/mol. The summed E-state index contributed by atoms with van der Waals surface area (Å²) >= 11 is 4.02. The lowest BCUT2D eigenvalue weighted by Crippen LogP contribution is -2.39. The summed E-state index contributed by atoms with van der Waals surface area (Å²) in [4.78, 5) is 0.672. The first kappa shape index (κ1) is 15.6. The fraction of sp³-hybridized carbons (Fsp3) is 0.700. The van der Waals surface area contributed by atoms with Crippen LogP contribution >= 0.6 is 15.9 Å². The number of alkyl halides is 1. The van der Waals surface area contributed by atoms with Crippen LogP contribution in [0.5, 0.6) is 0 Å². The van der Waals surface area contributed by atoms with E-state index in [4.69, 9.17) is 0 Å². The molecule has 0 aliphatic heterocycles. The highest BCUT2D eigenvalue weighted by Gasteiger charge is 2.40. The van der Waals surface area contributed by atoms with Crippen LogP contribution in [-0.4, -0.2) is 4.83 Å². The number of hydrogen-bond donors (Lipinski definition) is 0. The fourth-order valence-corrected chi connectivity index (χ4v) is 6.05. The molecule has 2 aliphatic carbocycles.